The fourth-order valence-electron chi connectivity index (χ4n) is 2.77. The van der Waals surface area contributed by atoms with Gasteiger partial charge in [-0.15, -0.1) is 12.4 Å². The molecule has 1 aromatic rings. The minimum atomic E-state index is -0.214. The number of carbonyl (C=O) groups excluding carboxylic acids is 1. The molecule has 124 valence electrons. The van der Waals surface area contributed by atoms with E-state index in [2.05, 4.69) is 0 Å². The van der Waals surface area contributed by atoms with Crippen molar-refractivity contribution in [2.45, 2.75) is 25.4 Å². The van der Waals surface area contributed by atoms with E-state index in [0.29, 0.717) is 18.9 Å². The molecule has 0 aliphatic carbocycles. The molecule has 1 aliphatic heterocycles. The van der Waals surface area contributed by atoms with Gasteiger partial charge in [-0.1, -0.05) is 12.1 Å². The Kier molecular flexibility index (Phi) is 7.79. The zero-order chi connectivity index (χ0) is 15.2. The summed E-state index contributed by atoms with van der Waals surface area (Å²) in [7, 11) is 1.58. The van der Waals surface area contributed by atoms with Crippen LogP contribution in [0.1, 0.15) is 18.4 Å². The summed E-state index contributed by atoms with van der Waals surface area (Å²) >= 11 is 0. The van der Waals surface area contributed by atoms with E-state index in [4.69, 9.17) is 10.5 Å². The molecule has 0 spiro atoms. The van der Waals surface area contributed by atoms with Crippen LogP contribution in [0, 0.1) is 11.7 Å². The van der Waals surface area contributed by atoms with Gasteiger partial charge in [0, 0.05) is 26.7 Å². The lowest BCUT2D eigenvalue weighted by atomic mass is 9.99. The number of hydrogen-bond donors (Lipinski definition) is 1. The van der Waals surface area contributed by atoms with E-state index in [9.17, 15) is 9.18 Å². The molecule has 2 rings (SSSR count). The summed E-state index contributed by atoms with van der Waals surface area (Å²) in [4.78, 5) is 14.0. The van der Waals surface area contributed by atoms with Crippen molar-refractivity contribution in [2.24, 2.45) is 11.7 Å². The van der Waals surface area contributed by atoms with Gasteiger partial charge in [0.25, 0.3) is 0 Å². The number of halogens is 2. The molecule has 0 bridgehead atoms. The molecule has 6 heteroatoms. The number of amides is 1. The van der Waals surface area contributed by atoms with Crippen molar-refractivity contribution >= 4 is 18.3 Å². The second-order valence-electron chi connectivity index (χ2n) is 5.62. The lowest BCUT2D eigenvalue weighted by molar-refractivity contribution is -0.132. The highest BCUT2D eigenvalue weighted by molar-refractivity contribution is 5.85. The van der Waals surface area contributed by atoms with Crippen LogP contribution in [0.3, 0.4) is 0 Å². The summed E-state index contributed by atoms with van der Waals surface area (Å²) in [6.45, 7) is 1.90. The largest absolute Gasteiger partial charge is 0.380 e. The molecular weight excluding hydrogens is 307 g/mol. The summed E-state index contributed by atoms with van der Waals surface area (Å²) in [5.41, 5.74) is 6.66. The number of likely N-dealkylation sites (tertiary alicyclic amines) is 1. The van der Waals surface area contributed by atoms with Crippen molar-refractivity contribution in [3.8, 4) is 0 Å². The van der Waals surface area contributed by atoms with Crippen LogP contribution >= 0.6 is 12.4 Å². The van der Waals surface area contributed by atoms with Crippen LogP contribution in [0.4, 0.5) is 4.39 Å². The average molecular weight is 331 g/mol. The van der Waals surface area contributed by atoms with Gasteiger partial charge in [-0.3, -0.25) is 4.79 Å². The summed E-state index contributed by atoms with van der Waals surface area (Å²) in [5, 5.41) is 0. The molecule has 1 heterocycles. The average Bonchev–Trinajstić information content (AvgIpc) is 2.95. The van der Waals surface area contributed by atoms with Gasteiger partial charge in [0.15, 0.2) is 0 Å². The molecule has 1 saturated heterocycles. The van der Waals surface area contributed by atoms with Crippen LogP contribution < -0.4 is 5.73 Å². The first-order valence-corrected chi connectivity index (χ1v) is 7.37. The third-order valence-corrected chi connectivity index (χ3v) is 4.07. The number of nitrogens with two attached hydrogens (primary N) is 1. The van der Waals surface area contributed by atoms with E-state index in [1.54, 1.807) is 7.11 Å². The molecule has 0 saturated carbocycles. The highest BCUT2D eigenvalue weighted by Crippen LogP contribution is 2.22. The summed E-state index contributed by atoms with van der Waals surface area (Å²) < 4.78 is 18.0. The minimum absolute atomic E-state index is 0. The van der Waals surface area contributed by atoms with Gasteiger partial charge >= 0.3 is 0 Å². The van der Waals surface area contributed by atoms with E-state index in [0.717, 1.165) is 31.5 Å². The Hall–Kier alpha value is -1.17. The number of carbonyl (C=O) groups is 1. The molecule has 2 atom stereocenters. The third-order valence-electron chi connectivity index (χ3n) is 4.07. The third kappa shape index (κ3) is 5.23. The summed E-state index contributed by atoms with van der Waals surface area (Å²) in [5.74, 6) is 0.335. The van der Waals surface area contributed by atoms with Crippen LogP contribution in [-0.4, -0.2) is 43.7 Å². The topological polar surface area (TPSA) is 55.6 Å². The molecule has 4 nitrogen and oxygen atoms in total. The van der Waals surface area contributed by atoms with Crippen molar-refractivity contribution in [1.29, 1.82) is 0 Å². The second kappa shape index (κ2) is 9.08. The van der Waals surface area contributed by atoms with E-state index in [1.807, 2.05) is 17.0 Å². The molecule has 1 fully saturated rings. The minimum Gasteiger partial charge on any atom is -0.380 e. The zero-order valence-corrected chi connectivity index (χ0v) is 13.7. The SMILES string of the molecule is COC(CN)CC(=O)N1CCC(Cc2ccc(F)cc2)C1.Cl. The Morgan fingerprint density at radius 3 is 2.73 bits per heavy atom. The predicted octanol–water partition coefficient (Wildman–Crippen LogP) is 2.00. The Labute approximate surface area is 137 Å². The van der Waals surface area contributed by atoms with E-state index < -0.39 is 0 Å². The Bertz CT molecular complexity index is 466. The second-order valence-corrected chi connectivity index (χ2v) is 5.62. The molecule has 1 amide bonds. The maximum Gasteiger partial charge on any atom is 0.225 e. The quantitative estimate of drug-likeness (QED) is 0.868. The van der Waals surface area contributed by atoms with E-state index in [-0.39, 0.29) is 30.2 Å². The van der Waals surface area contributed by atoms with Gasteiger partial charge in [0.1, 0.15) is 5.82 Å². The van der Waals surface area contributed by atoms with Gasteiger partial charge in [-0.2, -0.15) is 0 Å². The normalized spacial score (nSPS) is 18.9. The van der Waals surface area contributed by atoms with Crippen LogP contribution in [0.5, 0.6) is 0 Å². The lowest BCUT2D eigenvalue weighted by Gasteiger charge is -2.19. The first-order valence-electron chi connectivity index (χ1n) is 7.37. The van der Waals surface area contributed by atoms with Gasteiger partial charge in [0.05, 0.1) is 12.5 Å². The van der Waals surface area contributed by atoms with Crippen molar-refractivity contribution in [3.05, 3.63) is 35.6 Å². The van der Waals surface area contributed by atoms with Gasteiger partial charge < -0.3 is 15.4 Å². The van der Waals surface area contributed by atoms with Crippen LogP contribution in [0.2, 0.25) is 0 Å². The number of hydrogen-bond acceptors (Lipinski definition) is 3. The van der Waals surface area contributed by atoms with Crippen LogP contribution in [0.25, 0.3) is 0 Å². The number of rotatable bonds is 6. The Morgan fingerprint density at radius 1 is 1.45 bits per heavy atom. The monoisotopic (exact) mass is 330 g/mol. The summed E-state index contributed by atoms with van der Waals surface area (Å²) in [6.07, 6.45) is 2.02. The number of benzene rings is 1. The van der Waals surface area contributed by atoms with E-state index in [1.165, 1.54) is 12.1 Å². The summed E-state index contributed by atoms with van der Waals surface area (Å²) in [6, 6.07) is 6.60. The fourth-order valence-corrected chi connectivity index (χ4v) is 2.77. The first-order chi connectivity index (χ1) is 10.1. The van der Waals surface area contributed by atoms with Gasteiger partial charge in [-0.05, 0) is 36.5 Å². The number of ether oxygens (including phenoxy) is 1. The zero-order valence-electron chi connectivity index (χ0n) is 12.8. The van der Waals surface area contributed by atoms with Gasteiger partial charge in [0.2, 0.25) is 5.91 Å². The molecular formula is C16H24ClFN2O2. The maximum absolute atomic E-state index is 12.9. The standard InChI is InChI=1S/C16H23FN2O2.ClH/c1-21-15(10-18)9-16(20)19-7-6-13(11-19)8-12-2-4-14(17)5-3-12;/h2-5,13,15H,6-11,18H2,1H3;1H. The highest BCUT2D eigenvalue weighted by atomic mass is 35.5. The van der Waals surface area contributed by atoms with Crippen molar-refractivity contribution in [2.75, 3.05) is 26.7 Å². The van der Waals surface area contributed by atoms with Gasteiger partial charge in [-0.25, -0.2) is 4.39 Å². The molecule has 2 N–H and O–H groups in total. The highest BCUT2D eigenvalue weighted by Gasteiger charge is 2.27. The smallest absolute Gasteiger partial charge is 0.225 e. The maximum atomic E-state index is 12.9. The number of nitrogens with zero attached hydrogens (tertiary/aromatic N) is 1. The fraction of sp³-hybridized carbons (Fsp3) is 0.562. The van der Waals surface area contributed by atoms with E-state index >= 15 is 0 Å². The molecule has 1 aliphatic rings. The van der Waals surface area contributed by atoms with Crippen molar-refractivity contribution < 1.29 is 13.9 Å². The van der Waals surface area contributed by atoms with Crippen LogP contribution in [-0.2, 0) is 16.0 Å². The van der Waals surface area contributed by atoms with Crippen molar-refractivity contribution in [1.82, 2.24) is 4.90 Å². The molecule has 22 heavy (non-hydrogen) atoms. The Morgan fingerprint density at radius 2 is 2.14 bits per heavy atom. The lowest BCUT2D eigenvalue weighted by Crippen LogP contribution is -2.34. The Balaban J connectivity index is 0.00000242. The van der Waals surface area contributed by atoms with Crippen molar-refractivity contribution in [3.63, 3.8) is 0 Å². The molecule has 0 radical (unpaired) electrons. The molecule has 1 aromatic carbocycles. The molecule has 0 aromatic heterocycles. The molecule has 2 unspecified atom stereocenters. The number of methoxy groups -OCH3 is 1. The predicted molar refractivity (Wildman–Crippen MR) is 86.5 cm³/mol. The van der Waals surface area contributed by atoms with Crippen LogP contribution in [0.15, 0.2) is 24.3 Å². The first kappa shape index (κ1) is 18.9.